The number of nitrogens with one attached hydrogen (secondary N) is 1. The molecule has 128 valence electrons. The van der Waals surface area contributed by atoms with Crippen molar-refractivity contribution in [2.45, 2.75) is 68.6 Å². The third kappa shape index (κ3) is 6.56. The summed E-state index contributed by atoms with van der Waals surface area (Å²) in [6, 6.07) is 8.18. The van der Waals surface area contributed by atoms with Crippen LogP contribution in [0.1, 0.15) is 51.5 Å². The van der Waals surface area contributed by atoms with Crippen molar-refractivity contribution in [1.82, 2.24) is 5.32 Å². The molecule has 0 heterocycles. The molecule has 0 spiro atoms. The lowest BCUT2D eigenvalue weighted by atomic mass is 9.85. The molecule has 1 fully saturated rings. The lowest BCUT2D eigenvalue weighted by Gasteiger charge is -2.26. The van der Waals surface area contributed by atoms with Gasteiger partial charge in [0.15, 0.2) is 0 Å². The Morgan fingerprint density at radius 3 is 2.48 bits per heavy atom. The normalized spacial score (nSPS) is 17.2. The van der Waals surface area contributed by atoms with Crippen LogP contribution in [0.3, 0.4) is 0 Å². The molecule has 0 saturated heterocycles. The van der Waals surface area contributed by atoms with Gasteiger partial charge in [0, 0.05) is 16.7 Å². The fraction of sp³-hybridized carbons (Fsp3) is 0.632. The smallest absolute Gasteiger partial charge is 0.224 e. The second-order valence-electron chi connectivity index (χ2n) is 6.76. The van der Waals surface area contributed by atoms with Crippen LogP contribution in [-0.4, -0.2) is 28.9 Å². The Balaban J connectivity index is 1.73. The van der Waals surface area contributed by atoms with Crippen molar-refractivity contribution < 1.29 is 9.90 Å². The summed E-state index contributed by atoms with van der Waals surface area (Å²) in [6.45, 7) is 4.72. The number of rotatable bonds is 7. The van der Waals surface area contributed by atoms with Gasteiger partial charge in [-0.1, -0.05) is 45.2 Å². The lowest BCUT2D eigenvalue weighted by Crippen LogP contribution is -2.37. The Hall–Kier alpha value is -1.00. The molecule has 1 unspecified atom stereocenters. The van der Waals surface area contributed by atoms with E-state index in [9.17, 15) is 9.90 Å². The average molecular weight is 336 g/mol. The second kappa shape index (κ2) is 9.33. The molecule has 1 saturated carbocycles. The first-order valence-corrected chi connectivity index (χ1v) is 9.63. The number of amides is 1. The summed E-state index contributed by atoms with van der Waals surface area (Å²) in [6.07, 6.45) is 5.85. The molecule has 0 aliphatic heterocycles. The molecule has 23 heavy (non-hydrogen) atoms. The van der Waals surface area contributed by atoms with Crippen LogP contribution >= 0.6 is 11.8 Å². The highest BCUT2D eigenvalue weighted by molar-refractivity contribution is 7.99. The van der Waals surface area contributed by atoms with Crippen molar-refractivity contribution in [3.63, 3.8) is 0 Å². The zero-order chi connectivity index (χ0) is 16.7. The summed E-state index contributed by atoms with van der Waals surface area (Å²) in [4.78, 5) is 13.3. The number of aliphatic hydroxyl groups is 1. The van der Waals surface area contributed by atoms with Crippen LogP contribution in [0.15, 0.2) is 29.2 Å². The van der Waals surface area contributed by atoms with Gasteiger partial charge in [0.05, 0.1) is 12.5 Å². The van der Waals surface area contributed by atoms with Gasteiger partial charge in [0.25, 0.3) is 0 Å². The SMILES string of the molecule is CC(C)Sc1ccc(CC(=O)NCC(O)C2CCCCC2)cc1. The average Bonchev–Trinajstić information content (AvgIpc) is 2.55. The van der Waals surface area contributed by atoms with Crippen LogP contribution in [0, 0.1) is 5.92 Å². The van der Waals surface area contributed by atoms with Crippen molar-refractivity contribution in [3.8, 4) is 0 Å². The van der Waals surface area contributed by atoms with Crippen LogP contribution in [0.5, 0.6) is 0 Å². The largest absolute Gasteiger partial charge is 0.391 e. The third-order valence-electron chi connectivity index (χ3n) is 4.36. The van der Waals surface area contributed by atoms with Gasteiger partial charge in [-0.25, -0.2) is 0 Å². The van der Waals surface area contributed by atoms with Gasteiger partial charge in [0.1, 0.15) is 0 Å². The van der Waals surface area contributed by atoms with Crippen LogP contribution in [-0.2, 0) is 11.2 Å². The summed E-state index contributed by atoms with van der Waals surface area (Å²) in [5.74, 6) is 0.348. The number of hydrogen-bond acceptors (Lipinski definition) is 3. The van der Waals surface area contributed by atoms with Gasteiger partial charge in [0.2, 0.25) is 5.91 Å². The van der Waals surface area contributed by atoms with E-state index in [2.05, 4.69) is 31.3 Å². The maximum Gasteiger partial charge on any atom is 0.224 e. The zero-order valence-corrected chi connectivity index (χ0v) is 15.1. The Labute approximate surface area is 144 Å². The van der Waals surface area contributed by atoms with Gasteiger partial charge < -0.3 is 10.4 Å². The van der Waals surface area contributed by atoms with Crippen molar-refractivity contribution >= 4 is 17.7 Å². The maximum atomic E-state index is 12.0. The molecule has 1 aliphatic rings. The summed E-state index contributed by atoms with van der Waals surface area (Å²) in [7, 11) is 0. The molecule has 1 aliphatic carbocycles. The molecular weight excluding hydrogens is 306 g/mol. The maximum absolute atomic E-state index is 12.0. The highest BCUT2D eigenvalue weighted by Crippen LogP contribution is 2.26. The van der Waals surface area contributed by atoms with Gasteiger partial charge in [-0.2, -0.15) is 0 Å². The first-order valence-electron chi connectivity index (χ1n) is 8.75. The van der Waals surface area contributed by atoms with Gasteiger partial charge in [-0.05, 0) is 36.5 Å². The molecule has 1 aromatic carbocycles. The number of carbonyl (C=O) groups excluding carboxylic acids is 1. The summed E-state index contributed by atoms with van der Waals surface area (Å²) < 4.78 is 0. The number of carbonyl (C=O) groups is 1. The predicted molar refractivity (Wildman–Crippen MR) is 96.7 cm³/mol. The van der Waals surface area contributed by atoms with Crippen LogP contribution < -0.4 is 5.32 Å². The van der Waals surface area contributed by atoms with Crippen molar-refractivity contribution in [2.24, 2.45) is 5.92 Å². The molecule has 2 N–H and O–H groups in total. The summed E-state index contributed by atoms with van der Waals surface area (Å²) in [5.41, 5.74) is 1.02. The zero-order valence-electron chi connectivity index (χ0n) is 14.3. The molecule has 0 aromatic heterocycles. The minimum Gasteiger partial charge on any atom is -0.391 e. The molecule has 1 aromatic rings. The molecular formula is C19H29NO2S. The first-order chi connectivity index (χ1) is 11.0. The van der Waals surface area contributed by atoms with Crippen LogP contribution in [0.4, 0.5) is 0 Å². The van der Waals surface area contributed by atoms with E-state index in [4.69, 9.17) is 0 Å². The van der Waals surface area contributed by atoms with Crippen LogP contribution in [0.25, 0.3) is 0 Å². The minimum atomic E-state index is -0.399. The van der Waals surface area contributed by atoms with E-state index in [1.807, 2.05) is 23.9 Å². The van der Waals surface area contributed by atoms with Gasteiger partial charge >= 0.3 is 0 Å². The van der Waals surface area contributed by atoms with Gasteiger partial charge in [-0.3, -0.25) is 4.79 Å². The lowest BCUT2D eigenvalue weighted by molar-refractivity contribution is -0.121. The Morgan fingerprint density at radius 2 is 1.87 bits per heavy atom. The number of thioether (sulfide) groups is 1. The minimum absolute atomic E-state index is 0.0101. The molecule has 2 rings (SSSR count). The quantitative estimate of drug-likeness (QED) is 0.746. The predicted octanol–water partition coefficient (Wildman–Crippen LogP) is 3.79. The van der Waals surface area contributed by atoms with E-state index in [1.165, 1.54) is 24.2 Å². The highest BCUT2D eigenvalue weighted by atomic mass is 32.2. The van der Waals surface area contributed by atoms with Crippen molar-refractivity contribution in [2.75, 3.05) is 6.54 Å². The third-order valence-corrected chi connectivity index (χ3v) is 5.38. The highest BCUT2D eigenvalue weighted by Gasteiger charge is 2.21. The first kappa shape index (κ1) is 18.3. The fourth-order valence-electron chi connectivity index (χ4n) is 3.11. The van der Waals surface area contributed by atoms with Gasteiger partial charge in [-0.15, -0.1) is 11.8 Å². The monoisotopic (exact) mass is 335 g/mol. The standard InChI is InChI=1S/C19H29NO2S/c1-14(2)23-17-10-8-15(9-11-17)12-19(22)20-13-18(21)16-6-4-3-5-7-16/h8-11,14,16,18,21H,3-7,12-13H2,1-2H3,(H,20,22). The van der Waals surface area contributed by atoms with E-state index in [1.54, 1.807) is 0 Å². The van der Waals surface area contributed by atoms with E-state index < -0.39 is 6.10 Å². The Morgan fingerprint density at radius 1 is 1.22 bits per heavy atom. The van der Waals surface area contributed by atoms with E-state index >= 15 is 0 Å². The Bertz CT molecular complexity index is 481. The number of benzene rings is 1. The molecule has 1 amide bonds. The van der Waals surface area contributed by atoms with Crippen molar-refractivity contribution in [3.05, 3.63) is 29.8 Å². The number of aliphatic hydroxyl groups excluding tert-OH is 1. The summed E-state index contributed by atoms with van der Waals surface area (Å²) >= 11 is 1.82. The number of hydrogen-bond donors (Lipinski definition) is 2. The molecule has 4 heteroatoms. The second-order valence-corrected chi connectivity index (χ2v) is 8.41. The van der Waals surface area contributed by atoms with Crippen molar-refractivity contribution in [1.29, 1.82) is 0 Å². The molecule has 0 radical (unpaired) electrons. The van der Waals surface area contributed by atoms with E-state index in [-0.39, 0.29) is 5.91 Å². The van der Waals surface area contributed by atoms with E-state index in [0.717, 1.165) is 18.4 Å². The molecule has 1 atom stereocenters. The summed E-state index contributed by atoms with van der Waals surface area (Å²) in [5, 5.41) is 13.6. The fourth-order valence-corrected chi connectivity index (χ4v) is 3.95. The van der Waals surface area contributed by atoms with Crippen LogP contribution in [0.2, 0.25) is 0 Å². The molecule has 3 nitrogen and oxygen atoms in total. The Kier molecular flexibility index (Phi) is 7.44. The van der Waals surface area contributed by atoms with E-state index in [0.29, 0.717) is 24.1 Å². The molecule has 0 bridgehead atoms. The topological polar surface area (TPSA) is 49.3 Å².